The summed E-state index contributed by atoms with van der Waals surface area (Å²) in [6.45, 7) is 3.15. The Morgan fingerprint density at radius 2 is 2.00 bits per heavy atom. The van der Waals surface area contributed by atoms with E-state index in [4.69, 9.17) is 26.8 Å². The number of benzene rings is 1. The molecule has 1 aromatic rings. The zero-order valence-corrected chi connectivity index (χ0v) is 12.4. The van der Waals surface area contributed by atoms with Crippen LogP contribution >= 0.6 is 11.6 Å². The van der Waals surface area contributed by atoms with Crippen molar-refractivity contribution in [1.29, 1.82) is 0 Å². The van der Waals surface area contributed by atoms with Crippen molar-refractivity contribution in [2.75, 3.05) is 20.3 Å². The number of rotatable bonds is 5. The molecule has 0 bridgehead atoms. The van der Waals surface area contributed by atoms with Crippen molar-refractivity contribution in [1.82, 2.24) is 0 Å². The molecule has 1 saturated carbocycles. The van der Waals surface area contributed by atoms with Crippen molar-refractivity contribution < 1.29 is 9.47 Å². The van der Waals surface area contributed by atoms with Crippen molar-refractivity contribution in [3.8, 4) is 11.5 Å². The maximum absolute atomic E-state index is 6.45. The zero-order chi connectivity index (χ0) is 13.9. The van der Waals surface area contributed by atoms with Crippen LogP contribution in [0.25, 0.3) is 0 Å². The molecule has 0 atom stereocenters. The first kappa shape index (κ1) is 14.5. The minimum atomic E-state index is -0.0594. The minimum absolute atomic E-state index is 0.0594. The van der Waals surface area contributed by atoms with Crippen LogP contribution in [0.15, 0.2) is 12.1 Å². The standard InChI is InChI=1S/C15H22ClNO2/c1-3-19-14-12(18-2)7-6-11(16)13(14)15(10-17)8-4-5-9-15/h6-7H,3-5,8-10,17H2,1-2H3. The van der Waals surface area contributed by atoms with Crippen molar-refractivity contribution >= 4 is 11.6 Å². The molecule has 1 aliphatic carbocycles. The molecule has 0 saturated heterocycles. The Bertz CT molecular complexity index is 442. The van der Waals surface area contributed by atoms with Crippen molar-refractivity contribution in [2.45, 2.75) is 38.0 Å². The molecular weight excluding hydrogens is 262 g/mol. The van der Waals surface area contributed by atoms with Crippen LogP contribution in [0, 0.1) is 0 Å². The summed E-state index contributed by atoms with van der Waals surface area (Å²) in [5.74, 6) is 1.51. The number of hydrogen-bond donors (Lipinski definition) is 1. The van der Waals surface area contributed by atoms with Gasteiger partial charge in [-0.15, -0.1) is 0 Å². The molecule has 0 spiro atoms. The third-order valence-electron chi connectivity index (χ3n) is 4.06. The van der Waals surface area contributed by atoms with Crippen molar-refractivity contribution in [3.63, 3.8) is 0 Å². The summed E-state index contributed by atoms with van der Waals surface area (Å²) in [7, 11) is 1.65. The Hall–Kier alpha value is -0.930. The van der Waals surface area contributed by atoms with E-state index in [1.165, 1.54) is 12.8 Å². The van der Waals surface area contributed by atoms with Crippen LogP contribution in [0.1, 0.15) is 38.2 Å². The lowest BCUT2D eigenvalue weighted by Gasteiger charge is -2.31. The van der Waals surface area contributed by atoms with Crippen LogP contribution in [-0.4, -0.2) is 20.3 Å². The number of hydrogen-bond acceptors (Lipinski definition) is 3. The van der Waals surface area contributed by atoms with E-state index >= 15 is 0 Å². The lowest BCUT2D eigenvalue weighted by atomic mass is 9.78. The topological polar surface area (TPSA) is 44.5 Å². The Kier molecular flexibility index (Phi) is 4.58. The van der Waals surface area contributed by atoms with E-state index in [-0.39, 0.29) is 5.41 Å². The SMILES string of the molecule is CCOc1c(OC)ccc(Cl)c1C1(CN)CCCC1. The van der Waals surface area contributed by atoms with Gasteiger partial charge in [-0.2, -0.15) is 0 Å². The average Bonchev–Trinajstić information content (AvgIpc) is 2.89. The van der Waals surface area contributed by atoms with Gasteiger partial charge in [0.15, 0.2) is 11.5 Å². The van der Waals surface area contributed by atoms with Crippen LogP contribution in [0.3, 0.4) is 0 Å². The van der Waals surface area contributed by atoms with E-state index in [1.54, 1.807) is 7.11 Å². The second kappa shape index (κ2) is 6.02. The quantitative estimate of drug-likeness (QED) is 0.899. The molecule has 2 N–H and O–H groups in total. The molecular formula is C15H22ClNO2. The first-order valence-electron chi connectivity index (χ1n) is 6.88. The molecule has 1 aliphatic rings. The van der Waals surface area contributed by atoms with Gasteiger partial charge >= 0.3 is 0 Å². The first-order chi connectivity index (χ1) is 9.18. The highest BCUT2D eigenvalue weighted by atomic mass is 35.5. The molecule has 2 rings (SSSR count). The molecule has 0 aromatic heterocycles. The van der Waals surface area contributed by atoms with Gasteiger partial charge in [0.1, 0.15) is 0 Å². The predicted octanol–water partition coefficient (Wildman–Crippen LogP) is 3.52. The fourth-order valence-corrected chi connectivity index (χ4v) is 3.44. The molecule has 0 radical (unpaired) electrons. The number of nitrogens with two attached hydrogens (primary N) is 1. The van der Waals surface area contributed by atoms with Crippen molar-refractivity contribution in [2.24, 2.45) is 5.73 Å². The summed E-state index contributed by atoms with van der Waals surface area (Å²) in [4.78, 5) is 0. The number of methoxy groups -OCH3 is 1. The van der Waals surface area contributed by atoms with E-state index in [1.807, 2.05) is 19.1 Å². The fraction of sp³-hybridized carbons (Fsp3) is 0.600. The second-order valence-electron chi connectivity index (χ2n) is 5.08. The molecule has 1 fully saturated rings. The summed E-state index contributed by atoms with van der Waals surface area (Å²) >= 11 is 6.45. The molecule has 0 heterocycles. The Balaban J connectivity index is 2.59. The van der Waals surface area contributed by atoms with Gasteiger partial charge in [0.05, 0.1) is 13.7 Å². The fourth-order valence-electron chi connectivity index (χ4n) is 3.09. The van der Waals surface area contributed by atoms with E-state index in [0.29, 0.717) is 13.2 Å². The first-order valence-corrected chi connectivity index (χ1v) is 7.26. The van der Waals surface area contributed by atoms with Gasteiger partial charge in [-0.25, -0.2) is 0 Å². The molecule has 1 aromatic carbocycles. The lowest BCUT2D eigenvalue weighted by molar-refractivity contribution is 0.296. The zero-order valence-electron chi connectivity index (χ0n) is 11.7. The van der Waals surface area contributed by atoms with Gasteiger partial charge in [0.25, 0.3) is 0 Å². The van der Waals surface area contributed by atoms with Gasteiger partial charge < -0.3 is 15.2 Å². The summed E-state index contributed by atoms with van der Waals surface area (Å²) < 4.78 is 11.2. The molecule has 0 aliphatic heterocycles. The maximum atomic E-state index is 6.45. The Morgan fingerprint density at radius 1 is 1.32 bits per heavy atom. The van der Waals surface area contributed by atoms with Gasteiger partial charge in [-0.05, 0) is 31.9 Å². The highest BCUT2D eigenvalue weighted by Gasteiger charge is 2.39. The smallest absolute Gasteiger partial charge is 0.166 e. The normalized spacial score (nSPS) is 17.5. The summed E-state index contributed by atoms with van der Waals surface area (Å²) in [6, 6.07) is 3.74. The summed E-state index contributed by atoms with van der Waals surface area (Å²) in [5, 5.41) is 0.733. The maximum Gasteiger partial charge on any atom is 0.166 e. The van der Waals surface area contributed by atoms with Crippen LogP contribution in [-0.2, 0) is 5.41 Å². The molecule has 0 unspecified atom stereocenters. The third kappa shape index (κ3) is 2.54. The predicted molar refractivity (Wildman–Crippen MR) is 78.4 cm³/mol. The lowest BCUT2D eigenvalue weighted by Crippen LogP contribution is -2.33. The van der Waals surface area contributed by atoms with Crippen LogP contribution in [0.4, 0.5) is 0 Å². The van der Waals surface area contributed by atoms with E-state index in [2.05, 4.69) is 0 Å². The van der Waals surface area contributed by atoms with Gasteiger partial charge in [0, 0.05) is 22.5 Å². The molecule has 0 amide bonds. The highest BCUT2D eigenvalue weighted by molar-refractivity contribution is 6.31. The average molecular weight is 284 g/mol. The summed E-state index contributed by atoms with van der Waals surface area (Å²) in [5.41, 5.74) is 7.05. The molecule has 4 heteroatoms. The Labute approximate surface area is 120 Å². The van der Waals surface area contributed by atoms with Gasteiger partial charge in [-0.1, -0.05) is 24.4 Å². The number of halogens is 1. The molecule has 19 heavy (non-hydrogen) atoms. The van der Waals surface area contributed by atoms with Gasteiger partial charge in [0.2, 0.25) is 0 Å². The van der Waals surface area contributed by atoms with Crippen LogP contribution < -0.4 is 15.2 Å². The highest BCUT2D eigenvalue weighted by Crippen LogP contribution is 2.50. The van der Waals surface area contributed by atoms with E-state index in [9.17, 15) is 0 Å². The van der Waals surface area contributed by atoms with Crippen molar-refractivity contribution in [3.05, 3.63) is 22.7 Å². The number of ether oxygens (including phenoxy) is 2. The second-order valence-corrected chi connectivity index (χ2v) is 5.49. The van der Waals surface area contributed by atoms with Crippen LogP contribution in [0.2, 0.25) is 5.02 Å². The molecule has 3 nitrogen and oxygen atoms in total. The molecule has 106 valence electrons. The third-order valence-corrected chi connectivity index (χ3v) is 4.38. The monoisotopic (exact) mass is 283 g/mol. The van der Waals surface area contributed by atoms with E-state index < -0.39 is 0 Å². The summed E-state index contributed by atoms with van der Waals surface area (Å²) in [6.07, 6.45) is 4.51. The van der Waals surface area contributed by atoms with Crippen LogP contribution in [0.5, 0.6) is 11.5 Å². The minimum Gasteiger partial charge on any atom is -0.493 e. The van der Waals surface area contributed by atoms with Gasteiger partial charge in [-0.3, -0.25) is 0 Å². The Morgan fingerprint density at radius 3 is 2.53 bits per heavy atom. The van der Waals surface area contributed by atoms with E-state index in [0.717, 1.165) is 34.9 Å². The largest absolute Gasteiger partial charge is 0.493 e.